The van der Waals surface area contributed by atoms with Crippen LogP contribution in [0.15, 0.2) is 12.5 Å². The molecule has 1 fully saturated rings. The number of unbranched alkanes of at least 4 members (excludes halogenated alkanes) is 1. The van der Waals surface area contributed by atoms with Crippen molar-refractivity contribution in [1.29, 1.82) is 0 Å². The number of hydrogen-bond acceptors (Lipinski definition) is 2. The molecule has 0 unspecified atom stereocenters. The molecule has 0 atom stereocenters. The van der Waals surface area contributed by atoms with E-state index in [4.69, 9.17) is 0 Å². The molecule has 2 heterocycles. The molecule has 96 valence electrons. The number of halogens is 3. The number of nitrogens with zero attached hydrogens (tertiary/aromatic N) is 2. The highest BCUT2D eigenvalue weighted by Crippen LogP contribution is 2.23. The molecule has 1 aliphatic rings. The third-order valence-corrected chi connectivity index (χ3v) is 3.05. The minimum Gasteiger partial charge on any atom is -0.334 e. The van der Waals surface area contributed by atoms with Gasteiger partial charge in [0.05, 0.1) is 6.33 Å². The lowest BCUT2D eigenvalue weighted by atomic mass is 10.00. The summed E-state index contributed by atoms with van der Waals surface area (Å²) < 4.78 is 37.9. The molecule has 17 heavy (non-hydrogen) atoms. The fourth-order valence-corrected chi connectivity index (χ4v) is 1.96. The van der Waals surface area contributed by atoms with Crippen LogP contribution in [0.25, 0.3) is 0 Å². The topological polar surface area (TPSA) is 29.9 Å². The van der Waals surface area contributed by atoms with Crippen LogP contribution in [-0.4, -0.2) is 28.8 Å². The Morgan fingerprint density at radius 2 is 2.12 bits per heavy atom. The Hall–Kier alpha value is -1.04. The molecule has 3 nitrogen and oxygen atoms in total. The lowest BCUT2D eigenvalue weighted by Gasteiger charge is -2.27. The molecule has 0 aromatic carbocycles. The maximum Gasteiger partial charge on any atom is 0.389 e. The maximum atomic E-state index is 12.0. The van der Waals surface area contributed by atoms with Crippen LogP contribution in [0.2, 0.25) is 0 Å². The lowest BCUT2D eigenvalue weighted by Crippen LogP contribution is -2.40. The fraction of sp³-hybridized carbons (Fsp3) is 0.727. The van der Waals surface area contributed by atoms with Gasteiger partial charge < -0.3 is 9.88 Å². The van der Waals surface area contributed by atoms with Crippen LogP contribution in [0.4, 0.5) is 13.2 Å². The molecule has 1 aromatic rings. The SMILES string of the molecule is FC(F)(F)CCCCn1cncc1C1CNC1. The zero-order valence-electron chi connectivity index (χ0n) is 9.50. The average molecular weight is 247 g/mol. The third-order valence-electron chi connectivity index (χ3n) is 3.05. The molecule has 1 aromatic heterocycles. The van der Waals surface area contributed by atoms with E-state index in [1.807, 2.05) is 10.8 Å². The van der Waals surface area contributed by atoms with Gasteiger partial charge in [-0.1, -0.05) is 0 Å². The van der Waals surface area contributed by atoms with Gasteiger partial charge in [0.2, 0.25) is 0 Å². The number of aromatic nitrogens is 2. The Bertz CT molecular complexity index is 355. The molecule has 0 saturated carbocycles. The minimum atomic E-state index is -4.03. The summed E-state index contributed by atoms with van der Waals surface area (Å²) in [6.45, 7) is 2.50. The van der Waals surface area contributed by atoms with Gasteiger partial charge in [0, 0.05) is 43.9 Å². The summed E-state index contributed by atoms with van der Waals surface area (Å²) in [5.41, 5.74) is 1.13. The Morgan fingerprint density at radius 1 is 1.35 bits per heavy atom. The van der Waals surface area contributed by atoms with Gasteiger partial charge in [-0.05, 0) is 12.8 Å². The Kier molecular flexibility index (Phi) is 3.71. The van der Waals surface area contributed by atoms with E-state index in [2.05, 4.69) is 10.3 Å². The second-order valence-electron chi connectivity index (χ2n) is 4.44. The molecule has 0 aliphatic carbocycles. The third kappa shape index (κ3) is 3.46. The largest absolute Gasteiger partial charge is 0.389 e. The summed E-state index contributed by atoms with van der Waals surface area (Å²) in [7, 11) is 0. The van der Waals surface area contributed by atoms with E-state index < -0.39 is 12.6 Å². The van der Waals surface area contributed by atoms with E-state index in [-0.39, 0.29) is 6.42 Å². The number of hydrogen-bond donors (Lipinski definition) is 1. The standard InChI is InChI=1S/C11H16F3N3/c12-11(13,14)3-1-2-4-17-8-16-7-10(17)9-5-15-6-9/h7-9,15H,1-6H2. The van der Waals surface area contributed by atoms with Crippen LogP contribution in [0.1, 0.15) is 30.9 Å². The van der Waals surface area contributed by atoms with Crippen LogP contribution in [0, 0.1) is 0 Å². The average Bonchev–Trinajstić information content (AvgIpc) is 2.57. The van der Waals surface area contributed by atoms with E-state index in [1.165, 1.54) is 0 Å². The van der Waals surface area contributed by atoms with Crippen molar-refractivity contribution in [3.63, 3.8) is 0 Å². The van der Waals surface area contributed by atoms with E-state index >= 15 is 0 Å². The molecule has 1 saturated heterocycles. The van der Waals surface area contributed by atoms with E-state index in [1.54, 1.807) is 6.33 Å². The van der Waals surface area contributed by atoms with Gasteiger partial charge >= 0.3 is 6.18 Å². The summed E-state index contributed by atoms with van der Waals surface area (Å²) in [5.74, 6) is 0.472. The Morgan fingerprint density at radius 3 is 2.71 bits per heavy atom. The molecule has 1 N–H and O–H groups in total. The van der Waals surface area contributed by atoms with E-state index in [0.29, 0.717) is 18.9 Å². The molecule has 0 amide bonds. The smallest absolute Gasteiger partial charge is 0.334 e. The van der Waals surface area contributed by atoms with Crippen LogP contribution in [0.3, 0.4) is 0 Å². The normalized spacial score (nSPS) is 17.1. The quantitative estimate of drug-likeness (QED) is 0.809. The molecule has 1 aliphatic heterocycles. The highest BCUT2D eigenvalue weighted by Gasteiger charge is 2.26. The van der Waals surface area contributed by atoms with Crippen LogP contribution < -0.4 is 5.32 Å². The second-order valence-corrected chi connectivity index (χ2v) is 4.44. The van der Waals surface area contributed by atoms with Crippen molar-refractivity contribution in [1.82, 2.24) is 14.9 Å². The molecule has 6 heteroatoms. The van der Waals surface area contributed by atoms with Crippen LogP contribution >= 0.6 is 0 Å². The first-order chi connectivity index (χ1) is 8.06. The van der Waals surface area contributed by atoms with Crippen molar-refractivity contribution in [3.8, 4) is 0 Å². The van der Waals surface area contributed by atoms with Gasteiger partial charge in [-0.2, -0.15) is 13.2 Å². The van der Waals surface area contributed by atoms with Crippen molar-refractivity contribution in [2.45, 2.75) is 37.9 Å². The van der Waals surface area contributed by atoms with Crippen molar-refractivity contribution >= 4 is 0 Å². The molecule has 0 radical (unpaired) electrons. The van der Waals surface area contributed by atoms with Gasteiger partial charge in [-0.25, -0.2) is 4.98 Å². The molecule has 0 bridgehead atoms. The summed E-state index contributed by atoms with van der Waals surface area (Å²) in [6, 6.07) is 0. The van der Waals surface area contributed by atoms with E-state index in [0.717, 1.165) is 18.8 Å². The van der Waals surface area contributed by atoms with Gasteiger partial charge in [0.25, 0.3) is 0 Å². The fourth-order valence-electron chi connectivity index (χ4n) is 1.96. The first-order valence-electron chi connectivity index (χ1n) is 5.84. The van der Waals surface area contributed by atoms with Gasteiger partial charge in [0.15, 0.2) is 0 Å². The lowest BCUT2D eigenvalue weighted by molar-refractivity contribution is -0.135. The zero-order valence-corrected chi connectivity index (χ0v) is 9.50. The minimum absolute atomic E-state index is 0.185. The monoisotopic (exact) mass is 247 g/mol. The highest BCUT2D eigenvalue weighted by molar-refractivity contribution is 5.11. The number of aryl methyl sites for hydroxylation is 1. The van der Waals surface area contributed by atoms with Crippen molar-refractivity contribution < 1.29 is 13.2 Å². The molecule has 2 rings (SSSR count). The summed E-state index contributed by atoms with van der Waals surface area (Å²) in [4.78, 5) is 4.07. The predicted molar refractivity (Wildman–Crippen MR) is 57.7 cm³/mol. The van der Waals surface area contributed by atoms with Crippen molar-refractivity contribution in [2.75, 3.05) is 13.1 Å². The van der Waals surface area contributed by atoms with E-state index in [9.17, 15) is 13.2 Å². The maximum absolute atomic E-state index is 12.0. The summed E-state index contributed by atoms with van der Waals surface area (Å²) in [6.07, 6.45) is -0.471. The van der Waals surface area contributed by atoms with Crippen LogP contribution in [-0.2, 0) is 6.54 Å². The van der Waals surface area contributed by atoms with Gasteiger partial charge in [-0.15, -0.1) is 0 Å². The van der Waals surface area contributed by atoms with Gasteiger partial charge in [-0.3, -0.25) is 0 Å². The second kappa shape index (κ2) is 5.08. The van der Waals surface area contributed by atoms with Crippen molar-refractivity contribution in [3.05, 3.63) is 18.2 Å². The number of imidazole rings is 1. The number of alkyl halides is 3. The first kappa shape index (κ1) is 12.4. The molecular formula is C11H16F3N3. The van der Waals surface area contributed by atoms with Crippen LogP contribution in [0.5, 0.6) is 0 Å². The number of nitrogens with one attached hydrogen (secondary N) is 1. The van der Waals surface area contributed by atoms with Crippen molar-refractivity contribution in [2.24, 2.45) is 0 Å². The summed E-state index contributed by atoms with van der Waals surface area (Å²) in [5, 5.41) is 3.17. The molecule has 0 spiro atoms. The zero-order chi connectivity index (χ0) is 12.3. The predicted octanol–water partition coefficient (Wildman–Crippen LogP) is 2.30. The Labute approximate surface area is 98.0 Å². The highest BCUT2D eigenvalue weighted by atomic mass is 19.4. The summed E-state index contributed by atoms with van der Waals surface area (Å²) >= 11 is 0. The number of rotatable bonds is 5. The van der Waals surface area contributed by atoms with Gasteiger partial charge in [0.1, 0.15) is 0 Å². The Balaban J connectivity index is 1.77. The molecular weight excluding hydrogens is 231 g/mol. The first-order valence-corrected chi connectivity index (χ1v) is 5.84.